The zero-order chi connectivity index (χ0) is 29.9. The Morgan fingerprint density at radius 2 is 1.70 bits per heavy atom. The van der Waals surface area contributed by atoms with Crippen LogP contribution in [0.2, 0.25) is 0 Å². The van der Waals surface area contributed by atoms with Crippen LogP contribution in [-0.4, -0.2) is 84.1 Å². The highest BCUT2D eigenvalue weighted by molar-refractivity contribution is 5.61. The van der Waals surface area contributed by atoms with Crippen LogP contribution in [0.4, 0.5) is 5.69 Å². The van der Waals surface area contributed by atoms with Gasteiger partial charge < -0.3 is 43.7 Å². The third-order valence-electron chi connectivity index (χ3n) is 7.81. The molecule has 43 heavy (non-hydrogen) atoms. The smallest absolute Gasteiger partial charge is 0.142 e. The highest BCUT2D eigenvalue weighted by atomic mass is 16.5. The predicted octanol–water partition coefficient (Wildman–Crippen LogP) is 4.76. The summed E-state index contributed by atoms with van der Waals surface area (Å²) in [6.45, 7) is 6.07. The quantitative estimate of drug-likeness (QED) is 0.242. The lowest BCUT2D eigenvalue weighted by molar-refractivity contribution is -0.0328. The number of aliphatic hydroxyl groups is 1. The molecule has 232 valence electrons. The topological polar surface area (TPSA) is 90.9 Å². The molecule has 0 aromatic heterocycles. The Bertz CT molecular complexity index is 1270. The lowest BCUT2D eigenvalue weighted by Gasteiger charge is -2.36. The van der Waals surface area contributed by atoms with E-state index in [0.29, 0.717) is 51.0 Å². The number of aliphatic hydroxyl groups excluding tert-OH is 1. The van der Waals surface area contributed by atoms with Crippen LogP contribution in [0.3, 0.4) is 0 Å². The molecule has 0 amide bonds. The van der Waals surface area contributed by atoms with E-state index in [-0.39, 0.29) is 12.0 Å². The van der Waals surface area contributed by atoms with Crippen molar-refractivity contribution in [3.8, 4) is 23.0 Å². The molecule has 2 aliphatic heterocycles. The maximum absolute atomic E-state index is 11.0. The van der Waals surface area contributed by atoms with E-state index in [1.165, 1.54) is 0 Å². The summed E-state index contributed by atoms with van der Waals surface area (Å²) in [5, 5.41) is 14.3. The van der Waals surface area contributed by atoms with Crippen molar-refractivity contribution in [1.29, 1.82) is 0 Å². The molecule has 9 nitrogen and oxygen atoms in total. The fraction of sp³-hybridized carbons (Fsp3) is 0.471. The van der Waals surface area contributed by atoms with E-state index in [1.807, 2.05) is 54.6 Å². The Kier molecular flexibility index (Phi) is 11.5. The number of anilines is 1. The van der Waals surface area contributed by atoms with Gasteiger partial charge in [0.15, 0.2) is 0 Å². The van der Waals surface area contributed by atoms with Crippen LogP contribution in [-0.2, 0) is 20.8 Å². The minimum atomic E-state index is -0.564. The van der Waals surface area contributed by atoms with E-state index in [4.69, 9.17) is 28.4 Å². The number of fused-ring (bicyclic) bond motifs is 1. The summed E-state index contributed by atoms with van der Waals surface area (Å²) in [6, 6.07) is 21.8. The number of rotatable bonds is 15. The lowest BCUT2D eigenvalue weighted by Crippen LogP contribution is -2.49. The van der Waals surface area contributed by atoms with Gasteiger partial charge in [0.1, 0.15) is 29.6 Å². The minimum absolute atomic E-state index is 0.161. The van der Waals surface area contributed by atoms with Crippen LogP contribution >= 0.6 is 0 Å². The Labute approximate surface area is 254 Å². The molecule has 2 heterocycles. The average Bonchev–Trinajstić information content (AvgIpc) is 3.03. The molecule has 0 spiro atoms. The molecule has 1 saturated heterocycles. The Hall–Kier alpha value is -3.34. The van der Waals surface area contributed by atoms with Gasteiger partial charge in [0.05, 0.1) is 37.7 Å². The summed E-state index contributed by atoms with van der Waals surface area (Å²) >= 11 is 0. The molecule has 0 radical (unpaired) electrons. The van der Waals surface area contributed by atoms with Crippen LogP contribution in [0, 0.1) is 0 Å². The zero-order valence-electron chi connectivity index (χ0n) is 25.2. The van der Waals surface area contributed by atoms with Crippen molar-refractivity contribution in [3.05, 3.63) is 77.9 Å². The Balaban J connectivity index is 1.21. The second kappa shape index (κ2) is 15.9. The molecule has 0 saturated carbocycles. The van der Waals surface area contributed by atoms with Crippen molar-refractivity contribution < 1.29 is 33.5 Å². The fourth-order valence-electron chi connectivity index (χ4n) is 5.63. The Morgan fingerprint density at radius 3 is 2.53 bits per heavy atom. The number of β-amino-alcohol motifs (C(OH)–C–C–N with tert-alkyl or cyclic N) is 1. The summed E-state index contributed by atoms with van der Waals surface area (Å²) in [7, 11) is 3.42. The molecule has 3 aromatic rings. The number of nitrogens with zero attached hydrogens (tertiary/aromatic N) is 1. The molecule has 9 heteroatoms. The summed E-state index contributed by atoms with van der Waals surface area (Å²) in [5.74, 6) is 2.92. The van der Waals surface area contributed by atoms with Crippen LogP contribution in [0.25, 0.3) is 0 Å². The predicted molar refractivity (Wildman–Crippen MR) is 166 cm³/mol. The molecule has 1 fully saturated rings. The van der Waals surface area contributed by atoms with Crippen molar-refractivity contribution in [2.24, 2.45) is 0 Å². The number of piperidine rings is 1. The van der Waals surface area contributed by atoms with Gasteiger partial charge in [-0.2, -0.15) is 0 Å². The maximum atomic E-state index is 11.0. The standard InChI is InChI=1S/C34H44N2O7/c1-38-16-4-14-36-15-19-41-32-13-8-25(20-30(32)36)24-42-33-23-35-22-31(37)34(33)26-9-11-27(12-10-26)43-29-7-3-6-28(21-29)40-18-5-17-39-2/h3,6-13,20-21,31,33-35,37H,4-5,14-19,22-24H2,1-2H3/t31-,33+,34?/m1/s1. The summed E-state index contributed by atoms with van der Waals surface area (Å²) in [6.07, 6.45) is 1.04. The van der Waals surface area contributed by atoms with E-state index in [9.17, 15) is 5.11 Å². The van der Waals surface area contributed by atoms with Crippen LogP contribution in [0.15, 0.2) is 66.7 Å². The van der Waals surface area contributed by atoms with Crippen LogP contribution in [0.5, 0.6) is 23.0 Å². The molecule has 3 atom stereocenters. The Morgan fingerprint density at radius 1 is 0.884 bits per heavy atom. The maximum Gasteiger partial charge on any atom is 0.142 e. The normalized spacial score (nSPS) is 19.9. The molecule has 3 aromatic carbocycles. The molecule has 1 unspecified atom stereocenters. The molecule has 2 N–H and O–H groups in total. The highest BCUT2D eigenvalue weighted by Gasteiger charge is 2.34. The van der Waals surface area contributed by atoms with Gasteiger partial charge in [-0.25, -0.2) is 0 Å². The van der Waals surface area contributed by atoms with E-state index in [2.05, 4.69) is 22.3 Å². The van der Waals surface area contributed by atoms with Crippen LogP contribution < -0.4 is 24.4 Å². The number of nitrogens with one attached hydrogen (secondary N) is 1. The second-order valence-electron chi connectivity index (χ2n) is 10.9. The first-order valence-electron chi connectivity index (χ1n) is 15.1. The van der Waals surface area contributed by atoms with Gasteiger partial charge in [-0.1, -0.05) is 24.3 Å². The second-order valence-corrected chi connectivity index (χ2v) is 10.9. The molecule has 5 rings (SSSR count). The van der Waals surface area contributed by atoms with Gasteiger partial charge in [0.25, 0.3) is 0 Å². The first-order valence-corrected chi connectivity index (χ1v) is 15.1. The summed E-state index contributed by atoms with van der Waals surface area (Å²) in [4.78, 5) is 2.35. The number of benzene rings is 3. The van der Waals surface area contributed by atoms with Gasteiger partial charge in [-0.15, -0.1) is 0 Å². The fourth-order valence-corrected chi connectivity index (χ4v) is 5.63. The monoisotopic (exact) mass is 592 g/mol. The third kappa shape index (κ3) is 8.61. The molecule has 0 aliphatic carbocycles. The van der Waals surface area contributed by atoms with E-state index < -0.39 is 6.10 Å². The summed E-state index contributed by atoms with van der Waals surface area (Å²) in [5.41, 5.74) is 3.19. The molecular weight excluding hydrogens is 548 g/mol. The van der Waals surface area contributed by atoms with Crippen molar-refractivity contribution >= 4 is 5.69 Å². The van der Waals surface area contributed by atoms with Gasteiger partial charge in [-0.3, -0.25) is 0 Å². The van der Waals surface area contributed by atoms with Gasteiger partial charge in [0.2, 0.25) is 0 Å². The van der Waals surface area contributed by atoms with Crippen molar-refractivity contribution in [1.82, 2.24) is 5.32 Å². The average molecular weight is 593 g/mol. The lowest BCUT2D eigenvalue weighted by atomic mass is 9.85. The largest absolute Gasteiger partial charge is 0.493 e. The van der Waals surface area contributed by atoms with E-state index in [0.717, 1.165) is 60.9 Å². The van der Waals surface area contributed by atoms with Gasteiger partial charge in [0, 0.05) is 65.5 Å². The first kappa shape index (κ1) is 31.1. The van der Waals surface area contributed by atoms with E-state index >= 15 is 0 Å². The summed E-state index contributed by atoms with van der Waals surface area (Å²) < 4.78 is 34.6. The van der Waals surface area contributed by atoms with Gasteiger partial charge >= 0.3 is 0 Å². The van der Waals surface area contributed by atoms with E-state index in [1.54, 1.807) is 14.2 Å². The first-order chi connectivity index (χ1) is 21.1. The molecule has 2 aliphatic rings. The molecular formula is C34H44N2O7. The third-order valence-corrected chi connectivity index (χ3v) is 7.81. The highest BCUT2D eigenvalue weighted by Crippen LogP contribution is 2.35. The minimum Gasteiger partial charge on any atom is -0.493 e. The number of methoxy groups -OCH3 is 2. The van der Waals surface area contributed by atoms with Crippen molar-refractivity contribution in [2.45, 2.75) is 37.6 Å². The van der Waals surface area contributed by atoms with Gasteiger partial charge in [-0.05, 0) is 53.9 Å². The number of ether oxygens (including phenoxy) is 6. The molecule has 0 bridgehead atoms. The number of hydrogen-bond acceptors (Lipinski definition) is 9. The SMILES string of the molecule is COCCCOc1cccc(Oc2ccc(C3[C@H](O)CNC[C@@H]3OCc3ccc4c(c3)N(CCCOC)CCO4)cc2)c1. The zero-order valence-corrected chi connectivity index (χ0v) is 25.2. The van der Waals surface area contributed by atoms with Crippen molar-refractivity contribution in [3.63, 3.8) is 0 Å². The number of hydrogen-bond donors (Lipinski definition) is 2. The van der Waals surface area contributed by atoms with Crippen molar-refractivity contribution in [2.75, 3.05) is 71.7 Å². The van der Waals surface area contributed by atoms with Crippen LogP contribution in [0.1, 0.15) is 29.9 Å².